The van der Waals surface area contributed by atoms with E-state index < -0.39 is 0 Å². The largest absolute Gasteiger partial charge is 0.330 e. The van der Waals surface area contributed by atoms with E-state index in [4.69, 9.17) is 12.2 Å². The quantitative estimate of drug-likeness (QED) is 0.501. The number of ketones is 1. The van der Waals surface area contributed by atoms with Crippen LogP contribution in [-0.2, 0) is 18.9 Å². The molecule has 1 N–H and O–H groups in total. The number of nitrogens with zero attached hydrogens (tertiary/aromatic N) is 3. The van der Waals surface area contributed by atoms with Gasteiger partial charge in [-0.05, 0) is 12.3 Å². The summed E-state index contributed by atoms with van der Waals surface area (Å²) in [5.41, 5.74) is 0.993. The van der Waals surface area contributed by atoms with Gasteiger partial charge in [-0.3, -0.25) is 13.9 Å². The van der Waals surface area contributed by atoms with Gasteiger partial charge in [-0.2, -0.15) is 0 Å². The van der Waals surface area contributed by atoms with E-state index in [1.54, 1.807) is 14.1 Å². The number of carbonyl (C=O) groups excluding carboxylic acids is 1. The van der Waals surface area contributed by atoms with Gasteiger partial charge in [-0.15, -0.1) is 0 Å². The summed E-state index contributed by atoms with van der Waals surface area (Å²) < 4.78 is 3.32. The van der Waals surface area contributed by atoms with Crippen LogP contribution in [0.1, 0.15) is 39.0 Å². The molecule has 0 saturated heterocycles. The molecule has 0 spiro atoms. The molecule has 1 aliphatic rings. The lowest BCUT2D eigenvalue weighted by atomic mass is 9.87. The van der Waals surface area contributed by atoms with Crippen molar-refractivity contribution in [1.29, 1.82) is 0 Å². The summed E-state index contributed by atoms with van der Waals surface area (Å²) in [6.45, 7) is 2.19. The van der Waals surface area contributed by atoms with E-state index in [-0.39, 0.29) is 11.6 Å². The van der Waals surface area contributed by atoms with Crippen LogP contribution < -0.4 is 5.69 Å². The zero-order valence-electron chi connectivity index (χ0n) is 14.9. The Morgan fingerprint density at radius 1 is 1.28 bits per heavy atom. The fraction of sp³-hybridized carbons (Fsp3) is 0.647. The van der Waals surface area contributed by atoms with Crippen molar-refractivity contribution in [2.45, 2.75) is 44.2 Å². The SMILES string of the molecule is CC1CCCCCC1C(=O)CSc1nc2c([nH]1)c(=S)n(C)c(=O)n2C. The minimum Gasteiger partial charge on any atom is -0.329 e. The molecule has 0 amide bonds. The Balaban J connectivity index is 1.78. The maximum atomic E-state index is 12.6. The van der Waals surface area contributed by atoms with Gasteiger partial charge < -0.3 is 4.98 Å². The molecule has 1 aliphatic carbocycles. The third-order valence-electron chi connectivity index (χ3n) is 5.20. The fourth-order valence-electron chi connectivity index (χ4n) is 3.59. The highest BCUT2D eigenvalue weighted by atomic mass is 32.2. The molecule has 2 unspecified atom stereocenters. The van der Waals surface area contributed by atoms with Gasteiger partial charge in [0.25, 0.3) is 0 Å². The van der Waals surface area contributed by atoms with E-state index in [1.807, 2.05) is 0 Å². The smallest absolute Gasteiger partial charge is 0.329 e. The van der Waals surface area contributed by atoms with E-state index in [0.29, 0.717) is 38.4 Å². The molecule has 0 bridgehead atoms. The van der Waals surface area contributed by atoms with Crippen molar-refractivity contribution in [2.75, 3.05) is 5.75 Å². The van der Waals surface area contributed by atoms with Gasteiger partial charge in [0.15, 0.2) is 10.8 Å². The number of rotatable bonds is 4. The third-order valence-corrected chi connectivity index (χ3v) is 6.57. The van der Waals surface area contributed by atoms with Crippen molar-refractivity contribution < 1.29 is 4.79 Å². The molecule has 25 heavy (non-hydrogen) atoms. The summed E-state index contributed by atoms with van der Waals surface area (Å²) in [7, 11) is 3.32. The lowest BCUT2D eigenvalue weighted by Crippen LogP contribution is -2.27. The molecule has 2 atom stereocenters. The highest BCUT2D eigenvalue weighted by Crippen LogP contribution is 2.30. The van der Waals surface area contributed by atoms with E-state index in [9.17, 15) is 9.59 Å². The Morgan fingerprint density at radius 3 is 2.76 bits per heavy atom. The van der Waals surface area contributed by atoms with Gasteiger partial charge in [0.05, 0.1) is 5.75 Å². The van der Waals surface area contributed by atoms with Crippen molar-refractivity contribution in [2.24, 2.45) is 25.9 Å². The number of aromatic nitrogens is 4. The number of hydrogen-bond acceptors (Lipinski definition) is 5. The van der Waals surface area contributed by atoms with Crippen molar-refractivity contribution in [3.63, 3.8) is 0 Å². The molecule has 1 fully saturated rings. The molecule has 0 aliphatic heterocycles. The molecule has 8 heteroatoms. The first-order valence-corrected chi connectivity index (χ1v) is 10.1. The molecule has 136 valence electrons. The van der Waals surface area contributed by atoms with Crippen LogP contribution in [0, 0.1) is 16.5 Å². The number of aromatic amines is 1. The Hall–Kier alpha value is -1.41. The molecule has 3 rings (SSSR count). The first kappa shape index (κ1) is 18.4. The first-order chi connectivity index (χ1) is 11.9. The van der Waals surface area contributed by atoms with Crippen molar-refractivity contribution in [1.82, 2.24) is 19.1 Å². The highest BCUT2D eigenvalue weighted by Gasteiger charge is 2.26. The van der Waals surface area contributed by atoms with Crippen LogP contribution in [0.15, 0.2) is 9.95 Å². The van der Waals surface area contributed by atoms with Crippen LogP contribution in [-0.4, -0.2) is 30.6 Å². The molecule has 0 aromatic carbocycles. The average Bonchev–Trinajstić information content (AvgIpc) is 2.91. The standard InChI is InChI=1S/C17H24N4O2S2/c1-10-7-5-4-6-8-11(10)12(22)9-25-16-18-13-14(19-16)20(2)17(23)21(3)15(13)24/h10-11H,4-9H2,1-3H3,(H,18,19). The number of H-pyrrole nitrogens is 1. The van der Waals surface area contributed by atoms with Crippen molar-refractivity contribution in [3.8, 4) is 0 Å². The van der Waals surface area contributed by atoms with Crippen LogP contribution in [0.3, 0.4) is 0 Å². The molecule has 6 nitrogen and oxygen atoms in total. The summed E-state index contributed by atoms with van der Waals surface area (Å²) in [6, 6.07) is 0. The number of imidazole rings is 1. The molecular formula is C17H24N4O2S2. The first-order valence-electron chi connectivity index (χ1n) is 8.71. The Bertz CT molecular complexity index is 912. The van der Waals surface area contributed by atoms with E-state index in [1.165, 1.54) is 33.7 Å². The van der Waals surface area contributed by atoms with Crippen LogP contribution in [0.5, 0.6) is 0 Å². The van der Waals surface area contributed by atoms with E-state index >= 15 is 0 Å². The van der Waals surface area contributed by atoms with Gasteiger partial charge >= 0.3 is 5.69 Å². The number of aryl methyl sites for hydroxylation is 1. The summed E-state index contributed by atoms with van der Waals surface area (Å²) in [4.78, 5) is 32.4. The lowest BCUT2D eigenvalue weighted by Gasteiger charge is -2.19. The van der Waals surface area contributed by atoms with Crippen LogP contribution in [0.4, 0.5) is 0 Å². The average molecular weight is 381 g/mol. The Morgan fingerprint density at radius 2 is 2.00 bits per heavy atom. The molecular weight excluding hydrogens is 356 g/mol. The van der Waals surface area contributed by atoms with E-state index in [0.717, 1.165) is 19.3 Å². The normalized spacial score (nSPS) is 21.4. The van der Waals surface area contributed by atoms with Gasteiger partial charge in [0, 0.05) is 20.0 Å². The zero-order chi connectivity index (χ0) is 18.1. The van der Waals surface area contributed by atoms with Gasteiger partial charge in [-0.1, -0.05) is 56.6 Å². The Labute approximate surface area is 156 Å². The van der Waals surface area contributed by atoms with Gasteiger partial charge in [0.2, 0.25) is 0 Å². The van der Waals surface area contributed by atoms with Crippen LogP contribution >= 0.6 is 24.0 Å². The number of hydrogen-bond donors (Lipinski definition) is 1. The topological polar surface area (TPSA) is 72.7 Å². The Kier molecular flexibility index (Phi) is 5.48. The van der Waals surface area contributed by atoms with Gasteiger partial charge in [-0.25, -0.2) is 9.78 Å². The molecule has 0 radical (unpaired) electrons. The minimum absolute atomic E-state index is 0.163. The van der Waals surface area contributed by atoms with Crippen LogP contribution in [0.2, 0.25) is 0 Å². The maximum Gasteiger partial charge on any atom is 0.330 e. The molecule has 2 heterocycles. The molecule has 2 aromatic heterocycles. The monoisotopic (exact) mass is 380 g/mol. The molecule has 2 aromatic rings. The van der Waals surface area contributed by atoms with E-state index in [2.05, 4.69) is 16.9 Å². The second-order valence-corrected chi connectivity index (χ2v) is 8.27. The third kappa shape index (κ3) is 3.60. The van der Waals surface area contributed by atoms with Crippen LogP contribution in [0.25, 0.3) is 11.2 Å². The second kappa shape index (κ2) is 7.45. The maximum absolute atomic E-state index is 12.6. The number of carbonyl (C=O) groups is 1. The number of fused-ring (bicyclic) bond motifs is 1. The predicted molar refractivity (Wildman–Crippen MR) is 103 cm³/mol. The zero-order valence-corrected chi connectivity index (χ0v) is 16.5. The predicted octanol–water partition coefficient (Wildman–Crippen LogP) is 3.21. The summed E-state index contributed by atoms with van der Waals surface area (Å²) in [6.07, 6.45) is 5.75. The number of Topliss-reactive ketones (excluding diaryl/α,β-unsaturated/α-hetero) is 1. The summed E-state index contributed by atoms with van der Waals surface area (Å²) in [5, 5.41) is 0.636. The summed E-state index contributed by atoms with van der Waals surface area (Å²) in [5.74, 6) is 1.33. The summed E-state index contributed by atoms with van der Waals surface area (Å²) >= 11 is 6.72. The molecule has 1 saturated carbocycles. The van der Waals surface area contributed by atoms with Crippen molar-refractivity contribution >= 4 is 40.9 Å². The lowest BCUT2D eigenvalue weighted by molar-refractivity contribution is -0.121. The minimum atomic E-state index is -0.205. The highest BCUT2D eigenvalue weighted by molar-refractivity contribution is 7.99. The second-order valence-electron chi connectivity index (χ2n) is 6.92. The number of thioether (sulfide) groups is 1. The fourth-order valence-corrected chi connectivity index (χ4v) is 4.63. The van der Waals surface area contributed by atoms with Gasteiger partial charge in [0.1, 0.15) is 15.9 Å². The number of nitrogens with one attached hydrogen (secondary N) is 1. The van der Waals surface area contributed by atoms with Crippen molar-refractivity contribution in [3.05, 3.63) is 15.1 Å².